The van der Waals surface area contributed by atoms with E-state index in [1.54, 1.807) is 30.5 Å². The van der Waals surface area contributed by atoms with Crippen LogP contribution in [0.3, 0.4) is 0 Å². The number of rotatable bonds is 11. The number of aromatic nitrogens is 2. The molecule has 1 heterocycles. The van der Waals surface area contributed by atoms with Crippen LogP contribution in [-0.2, 0) is 4.79 Å². The second-order valence-electron chi connectivity index (χ2n) is 7.99. The molecule has 0 spiro atoms. The second-order valence-corrected chi connectivity index (χ2v) is 7.99. The van der Waals surface area contributed by atoms with Crippen LogP contribution in [0.4, 0.5) is 27.5 Å². The molecule has 0 fully saturated rings. The zero-order chi connectivity index (χ0) is 26.1. The van der Waals surface area contributed by atoms with Crippen molar-refractivity contribution in [3.63, 3.8) is 0 Å². The van der Waals surface area contributed by atoms with Crippen molar-refractivity contribution in [1.82, 2.24) is 15.3 Å². The Hall–Kier alpha value is -4.33. The third-order valence-electron chi connectivity index (χ3n) is 5.38. The zero-order valence-corrected chi connectivity index (χ0v) is 20.1. The number of nitriles is 1. The summed E-state index contributed by atoms with van der Waals surface area (Å²) in [4.78, 5) is 21.8. The number of aliphatic hydroxyl groups excluding tert-OH is 1. The van der Waals surface area contributed by atoms with E-state index in [1.165, 1.54) is 30.1 Å². The minimum absolute atomic E-state index is 0.103. The highest BCUT2D eigenvalue weighted by atomic mass is 19.1. The van der Waals surface area contributed by atoms with Gasteiger partial charge in [0, 0.05) is 31.0 Å². The van der Waals surface area contributed by atoms with Crippen LogP contribution in [0.25, 0.3) is 0 Å². The molecule has 186 valence electrons. The lowest BCUT2D eigenvalue weighted by Gasteiger charge is -2.17. The van der Waals surface area contributed by atoms with E-state index in [4.69, 9.17) is 5.26 Å². The first-order valence-electron chi connectivity index (χ1n) is 11.3. The van der Waals surface area contributed by atoms with Crippen molar-refractivity contribution in [2.75, 3.05) is 35.7 Å². The topological polar surface area (TPSA) is 126 Å². The van der Waals surface area contributed by atoms with E-state index >= 15 is 0 Å². The number of benzene rings is 2. The van der Waals surface area contributed by atoms with Crippen LogP contribution in [0.2, 0.25) is 0 Å². The van der Waals surface area contributed by atoms with E-state index in [0.717, 1.165) is 11.6 Å². The molecule has 2 aromatic carbocycles. The van der Waals surface area contributed by atoms with E-state index in [2.05, 4.69) is 32.5 Å². The summed E-state index contributed by atoms with van der Waals surface area (Å²) >= 11 is 0. The molecular weight excluding hydrogens is 461 g/mol. The van der Waals surface area contributed by atoms with Crippen LogP contribution in [0.1, 0.15) is 29.3 Å². The van der Waals surface area contributed by atoms with Gasteiger partial charge in [0.05, 0.1) is 17.3 Å². The molecule has 3 aromatic rings. The third kappa shape index (κ3) is 6.85. The van der Waals surface area contributed by atoms with E-state index in [9.17, 15) is 14.3 Å². The van der Waals surface area contributed by atoms with Crippen LogP contribution in [0, 0.1) is 24.1 Å². The number of carbonyl (C=O) groups excluding carboxylic acids is 1. The highest BCUT2D eigenvalue weighted by Gasteiger charge is 2.14. The predicted octanol–water partition coefficient (Wildman–Crippen LogP) is 3.77. The van der Waals surface area contributed by atoms with Crippen molar-refractivity contribution in [3.05, 3.63) is 83.8 Å². The Balaban J connectivity index is 1.55. The largest absolute Gasteiger partial charge is 0.374 e. The number of hydrogen-bond donors (Lipinski definition) is 4. The molecule has 0 aliphatic heterocycles. The predicted molar refractivity (Wildman–Crippen MR) is 137 cm³/mol. The minimum Gasteiger partial charge on any atom is -0.374 e. The van der Waals surface area contributed by atoms with Crippen LogP contribution < -0.4 is 20.9 Å². The molecule has 0 saturated heterocycles. The molecule has 1 aromatic heterocycles. The Morgan fingerprint density at radius 2 is 2.03 bits per heavy atom. The zero-order valence-electron chi connectivity index (χ0n) is 20.1. The van der Waals surface area contributed by atoms with Crippen molar-refractivity contribution in [1.29, 1.82) is 5.26 Å². The quantitative estimate of drug-likeness (QED) is 0.182. The van der Waals surface area contributed by atoms with Crippen LogP contribution >= 0.6 is 0 Å². The number of carbonyl (C=O) groups is 1. The summed E-state index contributed by atoms with van der Waals surface area (Å²) in [6, 6.07) is 13.1. The van der Waals surface area contributed by atoms with Gasteiger partial charge in [-0.05, 0) is 61.9 Å². The van der Waals surface area contributed by atoms with Crippen molar-refractivity contribution in [3.8, 4) is 6.07 Å². The fourth-order valence-electron chi connectivity index (χ4n) is 3.31. The van der Waals surface area contributed by atoms with E-state index in [-0.39, 0.29) is 5.69 Å². The van der Waals surface area contributed by atoms with Crippen LogP contribution in [0.15, 0.2) is 61.3 Å². The Morgan fingerprint density at radius 1 is 1.28 bits per heavy atom. The summed E-state index contributed by atoms with van der Waals surface area (Å²) in [7, 11) is 1.47. The van der Waals surface area contributed by atoms with Gasteiger partial charge in [-0.15, -0.1) is 0 Å². The van der Waals surface area contributed by atoms with Crippen molar-refractivity contribution in [2.24, 2.45) is 0 Å². The molecule has 1 amide bonds. The molecule has 0 bridgehead atoms. The molecule has 0 aliphatic rings. The van der Waals surface area contributed by atoms with Crippen molar-refractivity contribution in [2.45, 2.75) is 19.6 Å². The third-order valence-corrected chi connectivity index (χ3v) is 5.38. The maximum atomic E-state index is 14.2. The molecular formula is C26H28FN7O2. The smallest absolute Gasteiger partial charge is 0.250 e. The number of anilines is 4. The van der Waals surface area contributed by atoms with Gasteiger partial charge in [0.15, 0.2) is 0 Å². The fourth-order valence-corrected chi connectivity index (χ4v) is 3.31. The van der Waals surface area contributed by atoms with Crippen LogP contribution in [0.5, 0.6) is 0 Å². The SMILES string of the molecule is C=CC(=O)N(C)c1cc(Nc2ncc(C)c(NCCCNC(O)c3ccc(C#N)cc3)n2)ccc1F. The lowest BCUT2D eigenvalue weighted by atomic mass is 10.1. The Kier molecular flexibility index (Phi) is 9.05. The van der Waals surface area contributed by atoms with Gasteiger partial charge in [-0.25, -0.2) is 9.37 Å². The summed E-state index contributed by atoms with van der Waals surface area (Å²) in [6.07, 6.45) is 2.67. The number of aliphatic hydroxyl groups is 1. The Morgan fingerprint density at radius 3 is 2.72 bits per heavy atom. The first kappa shape index (κ1) is 26.3. The summed E-state index contributed by atoms with van der Waals surface area (Å²) in [5, 5.41) is 28.4. The van der Waals surface area contributed by atoms with Gasteiger partial charge in [0.1, 0.15) is 17.9 Å². The highest BCUT2D eigenvalue weighted by Crippen LogP contribution is 2.25. The van der Waals surface area contributed by atoms with Gasteiger partial charge in [-0.3, -0.25) is 10.1 Å². The molecule has 10 heteroatoms. The molecule has 9 nitrogen and oxygen atoms in total. The molecule has 36 heavy (non-hydrogen) atoms. The average Bonchev–Trinajstić information content (AvgIpc) is 2.90. The van der Waals surface area contributed by atoms with E-state index in [0.29, 0.717) is 48.1 Å². The normalized spacial score (nSPS) is 11.3. The van der Waals surface area contributed by atoms with Crippen molar-refractivity contribution < 1.29 is 14.3 Å². The van der Waals surface area contributed by atoms with Gasteiger partial charge in [-0.1, -0.05) is 18.7 Å². The summed E-state index contributed by atoms with van der Waals surface area (Å²) in [5.74, 6) is -0.0134. The highest BCUT2D eigenvalue weighted by molar-refractivity contribution is 6.01. The first-order valence-corrected chi connectivity index (χ1v) is 11.3. The monoisotopic (exact) mass is 489 g/mol. The van der Waals surface area contributed by atoms with Crippen molar-refractivity contribution >= 4 is 29.0 Å². The summed E-state index contributed by atoms with van der Waals surface area (Å²) in [5.41, 5.74) is 2.70. The molecule has 1 atom stereocenters. The number of aryl methyl sites for hydroxylation is 1. The number of amides is 1. The summed E-state index contributed by atoms with van der Waals surface area (Å²) in [6.45, 7) is 6.46. The number of halogens is 1. The molecule has 1 unspecified atom stereocenters. The maximum Gasteiger partial charge on any atom is 0.250 e. The molecule has 3 rings (SSSR count). The van der Waals surface area contributed by atoms with Gasteiger partial charge in [-0.2, -0.15) is 10.2 Å². The minimum atomic E-state index is -0.823. The maximum absolute atomic E-state index is 14.2. The molecule has 0 saturated carbocycles. The Bertz CT molecular complexity index is 1260. The molecule has 0 aliphatic carbocycles. The first-order chi connectivity index (χ1) is 17.3. The standard InChI is InChI=1S/C26H28FN7O2/c1-4-23(35)34(3)22-14-20(10-11-21(22)27)32-26-31-16-17(2)24(33-26)29-12-5-13-30-25(36)19-8-6-18(15-28)7-9-19/h4,6-11,14,16,25,30,36H,1,5,12-13H2,2-3H3,(H2,29,31,32,33). The second kappa shape index (κ2) is 12.4. The fraction of sp³-hybridized carbons (Fsp3) is 0.231. The summed E-state index contributed by atoms with van der Waals surface area (Å²) < 4.78 is 14.2. The lowest BCUT2D eigenvalue weighted by molar-refractivity contribution is -0.113. The average molecular weight is 490 g/mol. The van der Waals surface area contributed by atoms with Gasteiger partial charge >= 0.3 is 0 Å². The van der Waals surface area contributed by atoms with Gasteiger partial charge in [0.25, 0.3) is 0 Å². The number of likely N-dealkylation sites (N-methyl/N-ethyl adjacent to an activating group) is 1. The van der Waals surface area contributed by atoms with Gasteiger partial charge < -0.3 is 20.6 Å². The molecule has 4 N–H and O–H groups in total. The van der Waals surface area contributed by atoms with E-state index in [1.807, 2.05) is 13.0 Å². The number of nitrogens with one attached hydrogen (secondary N) is 3. The van der Waals surface area contributed by atoms with Crippen LogP contribution in [-0.4, -0.2) is 41.1 Å². The lowest BCUT2D eigenvalue weighted by Crippen LogP contribution is -2.24. The molecule has 0 radical (unpaired) electrons. The van der Waals surface area contributed by atoms with E-state index < -0.39 is 18.0 Å². The number of hydrogen-bond acceptors (Lipinski definition) is 8. The van der Waals surface area contributed by atoms with Gasteiger partial charge in [0.2, 0.25) is 11.9 Å². The Labute approximate surface area is 209 Å². The number of nitrogens with zero attached hydrogens (tertiary/aromatic N) is 4.